The second-order valence-corrected chi connectivity index (χ2v) is 8.30. The third-order valence-corrected chi connectivity index (χ3v) is 7.09. The molecular formula is C27H34N2O6. The minimum absolute atomic E-state index is 0.495. The largest absolute Gasteiger partial charge is 0.494 e. The number of nitrogens with one attached hydrogen (secondary N) is 2. The molecule has 0 aliphatic carbocycles. The van der Waals surface area contributed by atoms with E-state index in [4.69, 9.17) is 28.4 Å². The highest BCUT2D eigenvalue weighted by Gasteiger charge is 2.41. The average Bonchev–Trinajstić information content (AvgIpc) is 3.47. The number of ether oxygens (including phenoxy) is 6. The molecule has 0 unspecified atom stereocenters. The summed E-state index contributed by atoms with van der Waals surface area (Å²) in [5, 5.41) is 1.68. The highest BCUT2D eigenvalue weighted by molar-refractivity contribution is 5.98. The molecular weight excluding hydrogens is 448 g/mol. The number of fused-ring (bicyclic) bond motifs is 2. The van der Waals surface area contributed by atoms with Crippen LogP contribution in [0.5, 0.6) is 34.5 Å². The van der Waals surface area contributed by atoms with Crippen LogP contribution in [0.25, 0.3) is 21.8 Å². The summed E-state index contributed by atoms with van der Waals surface area (Å²) >= 11 is 0. The molecule has 8 heteroatoms. The summed E-state index contributed by atoms with van der Waals surface area (Å²) < 4.78 is 34.7. The van der Waals surface area contributed by atoms with Crippen LogP contribution in [0.15, 0.2) is 24.3 Å². The first-order valence-corrected chi connectivity index (χ1v) is 11.6. The molecule has 0 aliphatic heterocycles. The van der Waals surface area contributed by atoms with Gasteiger partial charge in [0, 0.05) is 0 Å². The predicted octanol–water partition coefficient (Wildman–Crippen LogP) is 5.81. The fraction of sp³-hybridized carbons (Fsp3) is 0.407. The topological polar surface area (TPSA) is 87.0 Å². The fourth-order valence-corrected chi connectivity index (χ4v) is 5.31. The minimum Gasteiger partial charge on any atom is -0.494 e. The zero-order chi connectivity index (χ0) is 25.3. The molecule has 2 N–H and O–H groups in total. The molecule has 188 valence electrons. The Kier molecular flexibility index (Phi) is 6.65. The van der Waals surface area contributed by atoms with E-state index in [1.807, 2.05) is 24.3 Å². The maximum Gasteiger partial charge on any atom is 0.173 e. The number of rotatable bonds is 10. The molecule has 0 bridgehead atoms. The summed E-state index contributed by atoms with van der Waals surface area (Å²) in [6.07, 6.45) is 1.55. The molecule has 2 aromatic carbocycles. The monoisotopic (exact) mass is 482 g/mol. The molecule has 35 heavy (non-hydrogen) atoms. The molecule has 0 saturated heterocycles. The Bertz CT molecular complexity index is 1250. The van der Waals surface area contributed by atoms with Crippen molar-refractivity contribution in [3.63, 3.8) is 0 Å². The van der Waals surface area contributed by atoms with Gasteiger partial charge in [-0.3, -0.25) is 0 Å². The molecule has 4 aromatic rings. The van der Waals surface area contributed by atoms with Crippen LogP contribution in [-0.2, 0) is 5.41 Å². The molecule has 0 aliphatic rings. The summed E-state index contributed by atoms with van der Waals surface area (Å²) in [5.41, 5.74) is 3.17. The first kappa shape index (κ1) is 24.4. The van der Waals surface area contributed by atoms with Gasteiger partial charge in [-0.05, 0) is 37.1 Å². The van der Waals surface area contributed by atoms with Crippen molar-refractivity contribution in [2.24, 2.45) is 0 Å². The Hall–Kier alpha value is -3.68. The molecule has 0 saturated carbocycles. The molecule has 8 nitrogen and oxygen atoms in total. The van der Waals surface area contributed by atoms with Crippen molar-refractivity contribution in [2.75, 3.05) is 42.7 Å². The molecule has 2 aromatic heterocycles. The number of H-pyrrole nitrogens is 2. The van der Waals surface area contributed by atoms with Gasteiger partial charge in [0.05, 0.1) is 81.3 Å². The summed E-state index contributed by atoms with van der Waals surface area (Å²) in [7, 11) is 9.88. The van der Waals surface area contributed by atoms with Gasteiger partial charge >= 0.3 is 0 Å². The van der Waals surface area contributed by atoms with Crippen molar-refractivity contribution in [1.82, 2.24) is 9.97 Å². The van der Waals surface area contributed by atoms with E-state index in [1.54, 1.807) is 42.7 Å². The zero-order valence-electron chi connectivity index (χ0n) is 21.7. The second kappa shape index (κ2) is 9.52. The minimum atomic E-state index is -0.495. The van der Waals surface area contributed by atoms with E-state index in [1.165, 1.54) is 0 Å². The van der Waals surface area contributed by atoms with Gasteiger partial charge in [-0.1, -0.05) is 13.8 Å². The van der Waals surface area contributed by atoms with Gasteiger partial charge in [-0.25, -0.2) is 0 Å². The van der Waals surface area contributed by atoms with Gasteiger partial charge in [0.25, 0.3) is 0 Å². The Morgan fingerprint density at radius 2 is 0.914 bits per heavy atom. The van der Waals surface area contributed by atoms with Gasteiger partial charge < -0.3 is 38.4 Å². The van der Waals surface area contributed by atoms with Crippen molar-refractivity contribution in [3.05, 3.63) is 35.7 Å². The smallest absolute Gasteiger partial charge is 0.173 e. The standard InChI is InChI=1S/C27H34N2O6/c1-9-27(10-2,25-23(34-7)19-15(28-25)11-13-17(30-3)21(19)32-5)26-24(35-8)20-16(29-26)12-14-18(31-4)22(20)33-6/h11-14,28-29H,9-10H2,1-8H3. The highest BCUT2D eigenvalue weighted by Crippen LogP contribution is 2.54. The summed E-state index contributed by atoms with van der Waals surface area (Å²) in [5.74, 6) is 3.96. The van der Waals surface area contributed by atoms with Crippen LogP contribution in [0.1, 0.15) is 38.1 Å². The van der Waals surface area contributed by atoms with Crippen LogP contribution in [0.3, 0.4) is 0 Å². The van der Waals surface area contributed by atoms with Crippen LogP contribution >= 0.6 is 0 Å². The third kappa shape index (κ3) is 3.42. The molecule has 0 radical (unpaired) electrons. The Labute approximate surface area is 205 Å². The lowest BCUT2D eigenvalue weighted by Gasteiger charge is -2.31. The van der Waals surface area contributed by atoms with Gasteiger partial charge in [0.15, 0.2) is 34.5 Å². The Balaban J connectivity index is 2.10. The van der Waals surface area contributed by atoms with E-state index in [0.29, 0.717) is 34.5 Å². The van der Waals surface area contributed by atoms with Crippen LogP contribution in [0.4, 0.5) is 0 Å². The molecule has 4 rings (SSSR count). The molecule has 0 spiro atoms. The van der Waals surface area contributed by atoms with E-state index < -0.39 is 5.41 Å². The quantitative estimate of drug-likeness (QED) is 0.297. The maximum absolute atomic E-state index is 6.03. The first-order valence-electron chi connectivity index (χ1n) is 11.6. The van der Waals surface area contributed by atoms with E-state index in [9.17, 15) is 0 Å². The number of aromatic amines is 2. The van der Waals surface area contributed by atoms with Crippen molar-refractivity contribution in [1.29, 1.82) is 0 Å². The molecule has 0 atom stereocenters. The Morgan fingerprint density at radius 3 is 1.20 bits per heavy atom. The van der Waals surface area contributed by atoms with Gasteiger partial charge in [0.2, 0.25) is 0 Å². The van der Waals surface area contributed by atoms with Crippen LogP contribution in [0, 0.1) is 0 Å². The number of benzene rings is 2. The van der Waals surface area contributed by atoms with E-state index in [0.717, 1.165) is 46.0 Å². The average molecular weight is 483 g/mol. The van der Waals surface area contributed by atoms with Gasteiger partial charge in [-0.2, -0.15) is 0 Å². The lowest BCUT2D eigenvalue weighted by Crippen LogP contribution is -2.28. The van der Waals surface area contributed by atoms with Crippen LogP contribution in [0.2, 0.25) is 0 Å². The first-order chi connectivity index (χ1) is 17.0. The van der Waals surface area contributed by atoms with E-state index in [2.05, 4.69) is 23.8 Å². The number of aromatic nitrogens is 2. The normalized spacial score (nSPS) is 11.7. The lowest BCUT2D eigenvalue weighted by molar-refractivity contribution is 0.350. The highest BCUT2D eigenvalue weighted by atomic mass is 16.5. The zero-order valence-corrected chi connectivity index (χ0v) is 21.7. The van der Waals surface area contributed by atoms with E-state index in [-0.39, 0.29) is 0 Å². The summed E-state index contributed by atoms with van der Waals surface area (Å²) in [6.45, 7) is 4.32. The van der Waals surface area contributed by atoms with Gasteiger partial charge in [-0.15, -0.1) is 0 Å². The van der Waals surface area contributed by atoms with Crippen molar-refractivity contribution >= 4 is 21.8 Å². The fourth-order valence-electron chi connectivity index (χ4n) is 5.31. The summed E-state index contributed by atoms with van der Waals surface area (Å²) in [4.78, 5) is 7.27. The van der Waals surface area contributed by atoms with Crippen molar-refractivity contribution in [2.45, 2.75) is 32.1 Å². The maximum atomic E-state index is 6.03. The third-order valence-electron chi connectivity index (χ3n) is 7.09. The van der Waals surface area contributed by atoms with Crippen molar-refractivity contribution < 1.29 is 28.4 Å². The summed E-state index contributed by atoms with van der Waals surface area (Å²) in [6, 6.07) is 7.74. The van der Waals surface area contributed by atoms with Crippen molar-refractivity contribution in [3.8, 4) is 34.5 Å². The molecule has 0 fully saturated rings. The van der Waals surface area contributed by atoms with E-state index >= 15 is 0 Å². The predicted molar refractivity (Wildman–Crippen MR) is 137 cm³/mol. The van der Waals surface area contributed by atoms with Crippen LogP contribution < -0.4 is 28.4 Å². The Morgan fingerprint density at radius 1 is 0.543 bits per heavy atom. The molecule has 0 amide bonds. The number of methoxy groups -OCH3 is 6. The molecule has 2 heterocycles. The lowest BCUT2D eigenvalue weighted by atomic mass is 9.75. The SMILES string of the molecule is CCC(CC)(c1[nH]c2ccc(OC)c(OC)c2c1OC)c1[nH]c2ccc(OC)c(OC)c2c1OC. The number of hydrogen-bond donors (Lipinski definition) is 2. The van der Waals surface area contributed by atoms with Crippen LogP contribution in [-0.4, -0.2) is 52.6 Å². The number of hydrogen-bond acceptors (Lipinski definition) is 6. The van der Waals surface area contributed by atoms with Gasteiger partial charge in [0.1, 0.15) is 0 Å². The second-order valence-electron chi connectivity index (χ2n) is 8.30.